The molecule has 0 fully saturated rings. The minimum Gasteiger partial charge on any atom is -0.454 e. The Bertz CT molecular complexity index is 2150. The molecule has 4 nitrogen and oxygen atoms in total. The SMILES string of the molecule is Cc1cccc(-n2c3ccccc3c3ccc4c5ccccc5oc4c32)c1.Nc1ccccc1Nc1ccccc1. The second-order valence-electron chi connectivity index (χ2n) is 10.2. The molecule has 4 heteroatoms. The number of anilines is 3. The minimum atomic E-state index is 0.761. The van der Waals surface area contributed by atoms with E-state index >= 15 is 0 Å². The van der Waals surface area contributed by atoms with Crippen LogP contribution in [-0.2, 0) is 0 Å². The maximum absolute atomic E-state index is 6.37. The van der Waals surface area contributed by atoms with E-state index in [9.17, 15) is 0 Å². The molecule has 8 aromatic rings. The summed E-state index contributed by atoms with van der Waals surface area (Å²) in [6.07, 6.45) is 0. The van der Waals surface area contributed by atoms with Crippen LogP contribution in [0.1, 0.15) is 5.56 Å². The maximum atomic E-state index is 6.37. The summed E-state index contributed by atoms with van der Waals surface area (Å²) < 4.78 is 8.70. The van der Waals surface area contributed by atoms with E-state index in [2.05, 4.69) is 89.6 Å². The zero-order valence-electron chi connectivity index (χ0n) is 22.7. The summed E-state index contributed by atoms with van der Waals surface area (Å²) in [6.45, 7) is 2.13. The summed E-state index contributed by atoms with van der Waals surface area (Å²) in [5, 5.41) is 8.04. The van der Waals surface area contributed by atoms with E-state index in [1.165, 1.54) is 21.9 Å². The molecule has 6 aromatic carbocycles. The first kappa shape index (κ1) is 24.6. The van der Waals surface area contributed by atoms with E-state index in [1.54, 1.807) is 0 Å². The number of aryl methyl sites for hydroxylation is 1. The van der Waals surface area contributed by atoms with Crippen molar-refractivity contribution in [3.05, 3.63) is 145 Å². The molecule has 0 spiro atoms. The van der Waals surface area contributed by atoms with Crippen LogP contribution < -0.4 is 11.1 Å². The number of benzene rings is 6. The first-order chi connectivity index (χ1) is 20.2. The quantitative estimate of drug-likeness (QED) is 0.223. The lowest BCUT2D eigenvalue weighted by Gasteiger charge is -2.08. The molecule has 3 N–H and O–H groups in total. The number of hydrogen-bond donors (Lipinski definition) is 2. The monoisotopic (exact) mass is 531 g/mol. The smallest absolute Gasteiger partial charge is 0.160 e. The molecular formula is C37H29N3O. The zero-order chi connectivity index (χ0) is 27.8. The van der Waals surface area contributed by atoms with Crippen molar-refractivity contribution in [3.63, 3.8) is 0 Å². The molecule has 0 saturated heterocycles. The largest absolute Gasteiger partial charge is 0.454 e. The van der Waals surface area contributed by atoms with Crippen molar-refractivity contribution in [2.75, 3.05) is 11.1 Å². The Morgan fingerprint density at radius 1 is 0.610 bits per heavy atom. The van der Waals surface area contributed by atoms with Gasteiger partial charge >= 0.3 is 0 Å². The third-order valence-corrected chi connectivity index (χ3v) is 7.45. The summed E-state index contributed by atoms with van der Waals surface area (Å²) in [6, 6.07) is 47.6. The maximum Gasteiger partial charge on any atom is 0.160 e. The lowest BCUT2D eigenvalue weighted by atomic mass is 10.1. The van der Waals surface area contributed by atoms with Gasteiger partial charge < -0.3 is 20.0 Å². The van der Waals surface area contributed by atoms with Gasteiger partial charge in [-0.3, -0.25) is 0 Å². The topological polar surface area (TPSA) is 56.1 Å². The highest BCUT2D eigenvalue weighted by Gasteiger charge is 2.18. The Labute approximate surface area is 238 Å². The summed E-state index contributed by atoms with van der Waals surface area (Å²) in [5.74, 6) is 0. The van der Waals surface area contributed by atoms with Gasteiger partial charge in [-0.05, 0) is 67.1 Å². The molecule has 198 valence electrons. The fourth-order valence-corrected chi connectivity index (χ4v) is 5.55. The van der Waals surface area contributed by atoms with Crippen LogP contribution in [0.3, 0.4) is 0 Å². The zero-order valence-corrected chi connectivity index (χ0v) is 22.7. The third kappa shape index (κ3) is 4.46. The molecule has 0 aliphatic rings. The molecule has 0 aliphatic heterocycles. The molecule has 0 aliphatic carbocycles. The Hall–Kier alpha value is -5.48. The number of rotatable bonds is 3. The van der Waals surface area contributed by atoms with Gasteiger partial charge in [0.05, 0.1) is 22.4 Å². The molecular weight excluding hydrogens is 502 g/mol. The van der Waals surface area contributed by atoms with Crippen molar-refractivity contribution in [2.45, 2.75) is 6.92 Å². The van der Waals surface area contributed by atoms with Crippen LogP contribution in [0.15, 0.2) is 144 Å². The number of furan rings is 1. The minimum absolute atomic E-state index is 0.761. The van der Waals surface area contributed by atoms with Gasteiger partial charge in [0.25, 0.3) is 0 Å². The van der Waals surface area contributed by atoms with E-state index in [0.29, 0.717) is 0 Å². The van der Waals surface area contributed by atoms with Crippen LogP contribution >= 0.6 is 0 Å². The average molecular weight is 532 g/mol. The highest BCUT2D eigenvalue weighted by Crippen LogP contribution is 2.40. The van der Waals surface area contributed by atoms with Crippen molar-refractivity contribution in [2.24, 2.45) is 0 Å². The van der Waals surface area contributed by atoms with Crippen molar-refractivity contribution >= 4 is 60.8 Å². The predicted octanol–water partition coefficient (Wildman–Crippen LogP) is 10.0. The van der Waals surface area contributed by atoms with Crippen LogP contribution in [0.5, 0.6) is 0 Å². The Balaban J connectivity index is 0.000000167. The summed E-state index contributed by atoms with van der Waals surface area (Å²) in [7, 11) is 0. The first-order valence-electron chi connectivity index (χ1n) is 13.7. The number of nitrogens with two attached hydrogens (primary N) is 1. The van der Waals surface area contributed by atoms with Gasteiger partial charge in [-0.25, -0.2) is 0 Å². The number of nitrogen functional groups attached to an aromatic ring is 1. The predicted molar refractivity (Wildman–Crippen MR) is 173 cm³/mol. The molecule has 0 atom stereocenters. The van der Waals surface area contributed by atoms with Gasteiger partial charge in [0.2, 0.25) is 0 Å². The van der Waals surface area contributed by atoms with Crippen molar-refractivity contribution in [1.82, 2.24) is 4.57 Å². The Kier molecular flexibility index (Phi) is 6.14. The van der Waals surface area contributed by atoms with E-state index in [1.807, 2.05) is 66.7 Å². The highest BCUT2D eigenvalue weighted by molar-refractivity contribution is 6.21. The third-order valence-electron chi connectivity index (χ3n) is 7.45. The molecule has 0 bridgehead atoms. The number of nitrogens with one attached hydrogen (secondary N) is 1. The molecule has 0 amide bonds. The molecule has 2 heterocycles. The van der Waals surface area contributed by atoms with Gasteiger partial charge in [-0.1, -0.05) is 84.9 Å². The molecule has 2 aromatic heterocycles. The Morgan fingerprint density at radius 3 is 2.15 bits per heavy atom. The Morgan fingerprint density at radius 2 is 1.32 bits per heavy atom. The van der Waals surface area contributed by atoms with E-state index in [-0.39, 0.29) is 0 Å². The molecule has 41 heavy (non-hydrogen) atoms. The van der Waals surface area contributed by atoms with Crippen molar-refractivity contribution in [1.29, 1.82) is 0 Å². The van der Waals surface area contributed by atoms with Gasteiger partial charge in [-0.2, -0.15) is 0 Å². The van der Waals surface area contributed by atoms with E-state index < -0.39 is 0 Å². The fourth-order valence-electron chi connectivity index (χ4n) is 5.55. The molecule has 0 unspecified atom stereocenters. The van der Waals surface area contributed by atoms with Gasteiger partial charge in [-0.15, -0.1) is 0 Å². The lowest BCUT2D eigenvalue weighted by Crippen LogP contribution is -1.94. The van der Waals surface area contributed by atoms with Crippen LogP contribution in [0.2, 0.25) is 0 Å². The lowest BCUT2D eigenvalue weighted by molar-refractivity contribution is 0.671. The van der Waals surface area contributed by atoms with Crippen LogP contribution in [0.25, 0.3) is 49.4 Å². The van der Waals surface area contributed by atoms with Crippen LogP contribution in [0.4, 0.5) is 17.1 Å². The number of fused-ring (bicyclic) bond motifs is 7. The van der Waals surface area contributed by atoms with Gasteiger partial charge in [0.1, 0.15) is 5.58 Å². The normalized spacial score (nSPS) is 11.1. The number of aromatic nitrogens is 1. The molecule has 0 saturated carbocycles. The summed E-state index contributed by atoms with van der Waals surface area (Å²) >= 11 is 0. The summed E-state index contributed by atoms with van der Waals surface area (Å²) in [5.41, 5.74) is 15.2. The van der Waals surface area contributed by atoms with Crippen molar-refractivity contribution in [3.8, 4) is 5.69 Å². The average Bonchev–Trinajstić information content (AvgIpc) is 3.55. The molecule has 8 rings (SSSR count). The number of hydrogen-bond acceptors (Lipinski definition) is 3. The summed E-state index contributed by atoms with van der Waals surface area (Å²) in [4.78, 5) is 0. The highest BCUT2D eigenvalue weighted by atomic mass is 16.3. The van der Waals surface area contributed by atoms with Gasteiger partial charge in [0, 0.05) is 32.9 Å². The number of para-hydroxylation sites is 5. The first-order valence-corrected chi connectivity index (χ1v) is 13.7. The second-order valence-corrected chi connectivity index (χ2v) is 10.2. The number of nitrogens with zero attached hydrogens (tertiary/aromatic N) is 1. The van der Waals surface area contributed by atoms with Crippen LogP contribution in [0, 0.1) is 6.92 Å². The van der Waals surface area contributed by atoms with Crippen molar-refractivity contribution < 1.29 is 4.42 Å². The van der Waals surface area contributed by atoms with Crippen LogP contribution in [-0.4, -0.2) is 4.57 Å². The van der Waals surface area contributed by atoms with E-state index in [4.69, 9.17) is 10.2 Å². The van der Waals surface area contributed by atoms with E-state index in [0.717, 1.165) is 50.2 Å². The van der Waals surface area contributed by atoms with Gasteiger partial charge in [0.15, 0.2) is 5.58 Å². The standard InChI is InChI=1S/C25H17NO.C12H12N2/c1-16-7-6-8-17(15-16)26-22-11-4-2-9-18(22)20-13-14-21-19-10-3-5-12-23(19)27-25(21)24(20)26;13-11-8-4-5-9-12(11)14-10-6-2-1-3-7-10/h2-15H,1H3;1-9,14H,13H2. The fraction of sp³-hybridized carbons (Fsp3) is 0.0270. The second kappa shape index (κ2) is 10.2. The molecule has 0 radical (unpaired) electrons.